The van der Waals surface area contributed by atoms with Gasteiger partial charge in [0.2, 0.25) is 11.5 Å². The number of hydrogen-bond donors (Lipinski definition) is 0. The molecule has 5 aromatic carbocycles. The van der Waals surface area contributed by atoms with Crippen LogP contribution in [0, 0.1) is 0 Å². The minimum Gasteiger partial charge on any atom is -0.493 e. The average molecular weight is 459 g/mol. The molecule has 6 nitrogen and oxygen atoms in total. The highest BCUT2D eigenvalue weighted by Gasteiger charge is 2.23. The number of methoxy groups -OCH3 is 6. The van der Waals surface area contributed by atoms with Crippen LogP contribution in [0.2, 0.25) is 0 Å². The second kappa shape index (κ2) is 8.37. The predicted molar refractivity (Wildman–Crippen MR) is 136 cm³/mol. The van der Waals surface area contributed by atoms with Crippen LogP contribution in [-0.4, -0.2) is 42.7 Å². The summed E-state index contributed by atoms with van der Waals surface area (Å²) < 4.78 is 34.5. The van der Waals surface area contributed by atoms with E-state index < -0.39 is 0 Å². The van der Waals surface area contributed by atoms with Crippen molar-refractivity contribution in [2.24, 2.45) is 0 Å². The molecule has 5 aromatic rings. The topological polar surface area (TPSA) is 55.4 Å². The smallest absolute Gasteiger partial charge is 0.203 e. The lowest BCUT2D eigenvalue weighted by molar-refractivity contribution is 0.327. The van der Waals surface area contributed by atoms with Gasteiger partial charge < -0.3 is 28.4 Å². The number of rotatable bonds is 6. The molecule has 0 heterocycles. The van der Waals surface area contributed by atoms with Gasteiger partial charge in [0, 0.05) is 21.5 Å². The number of fused-ring (bicyclic) bond motifs is 7. The minimum atomic E-state index is 0.549. The van der Waals surface area contributed by atoms with E-state index in [9.17, 15) is 0 Å². The normalized spacial score (nSPS) is 11.2. The average Bonchev–Trinajstić information content (AvgIpc) is 2.89. The highest BCUT2D eigenvalue weighted by molar-refractivity contribution is 6.30. The van der Waals surface area contributed by atoms with Crippen molar-refractivity contribution in [1.29, 1.82) is 0 Å². The highest BCUT2D eigenvalue weighted by atomic mass is 16.5. The van der Waals surface area contributed by atoms with Crippen molar-refractivity contribution in [1.82, 2.24) is 0 Å². The summed E-state index contributed by atoms with van der Waals surface area (Å²) in [6.45, 7) is 0. The zero-order valence-electron chi connectivity index (χ0n) is 20.1. The maximum absolute atomic E-state index is 5.92. The summed E-state index contributed by atoms with van der Waals surface area (Å²) in [6, 6.07) is 16.5. The molecule has 0 aliphatic rings. The molecule has 34 heavy (non-hydrogen) atoms. The quantitative estimate of drug-likeness (QED) is 0.276. The highest BCUT2D eigenvalue weighted by Crippen LogP contribution is 2.51. The SMILES string of the molecule is COc1cc2ccc3ccc4ccc5cc(OC)c(OC)c(OC)c5c4c3c2c(OC)c1OC. The van der Waals surface area contributed by atoms with Crippen molar-refractivity contribution in [2.45, 2.75) is 0 Å². The molecule has 0 fully saturated rings. The van der Waals surface area contributed by atoms with Gasteiger partial charge in [0.1, 0.15) is 0 Å². The Morgan fingerprint density at radius 2 is 0.676 bits per heavy atom. The zero-order valence-corrected chi connectivity index (χ0v) is 20.1. The molecule has 174 valence electrons. The largest absolute Gasteiger partial charge is 0.493 e. The lowest BCUT2D eigenvalue weighted by atomic mass is 9.91. The van der Waals surface area contributed by atoms with Gasteiger partial charge in [-0.2, -0.15) is 0 Å². The van der Waals surface area contributed by atoms with Gasteiger partial charge in [0.05, 0.1) is 42.7 Å². The Morgan fingerprint density at radius 1 is 0.353 bits per heavy atom. The van der Waals surface area contributed by atoms with Gasteiger partial charge in [-0.3, -0.25) is 0 Å². The monoisotopic (exact) mass is 458 g/mol. The molecule has 0 aliphatic heterocycles. The van der Waals surface area contributed by atoms with Crippen LogP contribution in [0.4, 0.5) is 0 Å². The van der Waals surface area contributed by atoms with E-state index in [4.69, 9.17) is 28.4 Å². The van der Waals surface area contributed by atoms with E-state index in [0.717, 1.165) is 43.1 Å². The van der Waals surface area contributed by atoms with Crippen LogP contribution in [0.15, 0.2) is 48.5 Å². The number of benzene rings is 5. The summed E-state index contributed by atoms with van der Waals surface area (Å²) in [6.07, 6.45) is 0. The van der Waals surface area contributed by atoms with Gasteiger partial charge in [-0.1, -0.05) is 36.4 Å². The van der Waals surface area contributed by atoms with Crippen LogP contribution in [0.1, 0.15) is 0 Å². The summed E-state index contributed by atoms with van der Waals surface area (Å²) >= 11 is 0. The molecule has 0 atom stereocenters. The number of hydrogen-bond acceptors (Lipinski definition) is 6. The second-order valence-corrected chi connectivity index (χ2v) is 7.88. The van der Waals surface area contributed by atoms with E-state index >= 15 is 0 Å². The standard InChI is InChI=1S/C28H26O6/c1-29-19-13-17-11-9-15-7-8-16-10-12-18-14-20(30-2)26(32-4)28(34-6)24(18)22(16)21(15)23(17)27(33-5)25(19)31-3/h7-14H,1-6H3. The Hall–Kier alpha value is -4.06. The molecule has 0 saturated heterocycles. The minimum absolute atomic E-state index is 0.549. The Bertz CT molecular complexity index is 1450. The summed E-state index contributed by atoms with van der Waals surface area (Å²) in [7, 11) is 9.77. The Labute approximate surface area is 197 Å². The third kappa shape index (κ3) is 2.95. The Kier molecular flexibility index (Phi) is 5.36. The van der Waals surface area contributed by atoms with Crippen molar-refractivity contribution in [3.05, 3.63) is 48.5 Å². The van der Waals surface area contributed by atoms with Crippen molar-refractivity contribution in [3.8, 4) is 34.5 Å². The first kappa shape index (κ1) is 21.8. The van der Waals surface area contributed by atoms with Gasteiger partial charge >= 0.3 is 0 Å². The Morgan fingerprint density at radius 3 is 0.971 bits per heavy atom. The molecule has 0 aromatic heterocycles. The van der Waals surface area contributed by atoms with Crippen molar-refractivity contribution >= 4 is 43.1 Å². The molecule has 0 aliphatic carbocycles. The summed E-state index contributed by atoms with van der Waals surface area (Å²) in [4.78, 5) is 0. The molecule has 0 unspecified atom stereocenters. The van der Waals surface area contributed by atoms with E-state index in [0.29, 0.717) is 34.5 Å². The molecule has 5 rings (SSSR count). The first-order chi connectivity index (χ1) is 16.6. The summed E-state index contributed by atoms with van der Waals surface area (Å²) in [5.41, 5.74) is 0. The third-order valence-electron chi connectivity index (χ3n) is 6.38. The third-order valence-corrected chi connectivity index (χ3v) is 6.38. The van der Waals surface area contributed by atoms with Gasteiger partial charge in [0.25, 0.3) is 0 Å². The van der Waals surface area contributed by atoms with Gasteiger partial charge in [-0.15, -0.1) is 0 Å². The van der Waals surface area contributed by atoms with Gasteiger partial charge in [0.15, 0.2) is 23.0 Å². The van der Waals surface area contributed by atoms with Gasteiger partial charge in [-0.25, -0.2) is 0 Å². The zero-order chi connectivity index (χ0) is 24.0. The van der Waals surface area contributed by atoms with Crippen LogP contribution in [-0.2, 0) is 0 Å². The van der Waals surface area contributed by atoms with Crippen LogP contribution < -0.4 is 28.4 Å². The lowest BCUT2D eigenvalue weighted by Gasteiger charge is -2.19. The first-order valence-corrected chi connectivity index (χ1v) is 10.8. The van der Waals surface area contributed by atoms with Crippen LogP contribution >= 0.6 is 0 Å². The molecule has 0 radical (unpaired) electrons. The molecule has 0 N–H and O–H groups in total. The summed E-state index contributed by atoms with van der Waals surface area (Å²) in [5, 5.41) is 8.02. The lowest BCUT2D eigenvalue weighted by Crippen LogP contribution is -1.98. The van der Waals surface area contributed by atoms with Crippen LogP contribution in [0.25, 0.3) is 43.1 Å². The molecule has 0 amide bonds. The maximum atomic E-state index is 5.92. The molecule has 0 saturated carbocycles. The van der Waals surface area contributed by atoms with E-state index in [-0.39, 0.29) is 0 Å². The van der Waals surface area contributed by atoms with E-state index in [1.807, 2.05) is 12.1 Å². The molecular formula is C28H26O6. The van der Waals surface area contributed by atoms with Gasteiger partial charge in [-0.05, 0) is 33.7 Å². The number of ether oxygens (including phenoxy) is 6. The van der Waals surface area contributed by atoms with Crippen molar-refractivity contribution in [3.63, 3.8) is 0 Å². The van der Waals surface area contributed by atoms with Crippen LogP contribution in [0.3, 0.4) is 0 Å². The molecule has 0 bridgehead atoms. The fraction of sp³-hybridized carbons (Fsp3) is 0.214. The van der Waals surface area contributed by atoms with Crippen molar-refractivity contribution in [2.75, 3.05) is 42.7 Å². The maximum Gasteiger partial charge on any atom is 0.203 e. The fourth-order valence-electron chi connectivity index (χ4n) is 4.94. The first-order valence-electron chi connectivity index (χ1n) is 10.8. The molecule has 0 spiro atoms. The van der Waals surface area contributed by atoms with E-state index in [1.54, 1.807) is 42.7 Å². The van der Waals surface area contributed by atoms with E-state index in [2.05, 4.69) is 36.4 Å². The van der Waals surface area contributed by atoms with E-state index in [1.165, 1.54) is 0 Å². The summed E-state index contributed by atoms with van der Waals surface area (Å²) in [5.74, 6) is 3.56. The molecular weight excluding hydrogens is 432 g/mol. The Balaban J connectivity index is 2.13. The van der Waals surface area contributed by atoms with Crippen molar-refractivity contribution < 1.29 is 28.4 Å². The van der Waals surface area contributed by atoms with Crippen LogP contribution in [0.5, 0.6) is 34.5 Å². The fourth-order valence-corrected chi connectivity index (χ4v) is 4.94. The molecule has 6 heteroatoms. The second-order valence-electron chi connectivity index (χ2n) is 7.88. The predicted octanol–water partition coefficient (Wildman–Crippen LogP) is 6.35.